The van der Waals surface area contributed by atoms with Gasteiger partial charge in [0, 0.05) is 34.1 Å². The third-order valence-electron chi connectivity index (χ3n) is 3.00. The number of aldehydes is 1. The van der Waals surface area contributed by atoms with Gasteiger partial charge in [0.15, 0.2) is 6.29 Å². The van der Waals surface area contributed by atoms with Gasteiger partial charge in [-0.05, 0) is 11.6 Å². The van der Waals surface area contributed by atoms with Crippen molar-refractivity contribution in [3.05, 3.63) is 41.5 Å². The number of carbonyl (C=O) groups is 3. The molecule has 0 aliphatic carbocycles. The van der Waals surface area contributed by atoms with Crippen molar-refractivity contribution in [1.82, 2.24) is 9.80 Å². The van der Waals surface area contributed by atoms with E-state index in [-0.39, 0.29) is 30.4 Å². The van der Waals surface area contributed by atoms with Crippen LogP contribution < -0.4 is 0 Å². The molecule has 5 nitrogen and oxygen atoms in total. The molecule has 0 unspecified atom stereocenters. The molecule has 0 aliphatic heterocycles. The molecule has 0 spiro atoms. The van der Waals surface area contributed by atoms with Gasteiger partial charge in [-0.3, -0.25) is 14.4 Å². The Labute approximate surface area is 124 Å². The molecule has 0 saturated carbocycles. The molecule has 2 amide bonds. The van der Waals surface area contributed by atoms with Gasteiger partial charge < -0.3 is 9.80 Å². The molecule has 21 heavy (non-hydrogen) atoms. The third-order valence-corrected chi connectivity index (χ3v) is 3.00. The van der Waals surface area contributed by atoms with Crippen molar-refractivity contribution in [2.45, 2.75) is 6.42 Å². The summed E-state index contributed by atoms with van der Waals surface area (Å²) in [4.78, 5) is 37.6. The zero-order chi connectivity index (χ0) is 15.8. The lowest BCUT2D eigenvalue weighted by atomic mass is 10.1. The molecule has 0 N–H and O–H groups in total. The zero-order valence-corrected chi connectivity index (χ0v) is 12.6. The minimum Gasteiger partial charge on any atom is -0.349 e. The normalized spacial score (nSPS) is 10.9. The van der Waals surface area contributed by atoms with E-state index in [1.807, 2.05) is 30.3 Å². The first-order chi connectivity index (χ1) is 9.95. The van der Waals surface area contributed by atoms with Crippen molar-refractivity contribution < 1.29 is 14.4 Å². The smallest absolute Gasteiger partial charge is 0.256 e. The standard InChI is InChI=1S/C16H20N2O3/c1-17(2)15(20)9-10-18(3)16(21)14(12-19)11-13-7-5-4-6-8-13/h4-8,11-12H,9-10H2,1-3H3. The van der Waals surface area contributed by atoms with Gasteiger partial charge in [0.2, 0.25) is 5.91 Å². The highest BCUT2D eigenvalue weighted by molar-refractivity contribution is 6.14. The van der Waals surface area contributed by atoms with Gasteiger partial charge in [-0.15, -0.1) is 0 Å². The molecule has 0 atom stereocenters. The Kier molecular flexibility index (Phi) is 6.33. The van der Waals surface area contributed by atoms with Crippen LogP contribution in [0.25, 0.3) is 6.08 Å². The van der Waals surface area contributed by atoms with E-state index in [1.54, 1.807) is 27.2 Å². The van der Waals surface area contributed by atoms with E-state index < -0.39 is 0 Å². The number of rotatable bonds is 6. The largest absolute Gasteiger partial charge is 0.349 e. The average Bonchev–Trinajstić information content (AvgIpc) is 2.50. The van der Waals surface area contributed by atoms with Gasteiger partial charge >= 0.3 is 0 Å². The van der Waals surface area contributed by atoms with Gasteiger partial charge in [0.1, 0.15) is 0 Å². The SMILES string of the molecule is CN(C)C(=O)CCN(C)C(=O)C(C=O)=Cc1ccccc1. The highest BCUT2D eigenvalue weighted by Gasteiger charge is 2.15. The lowest BCUT2D eigenvalue weighted by molar-refractivity contribution is -0.130. The first kappa shape index (κ1) is 16.6. The molecule has 1 aromatic carbocycles. The van der Waals surface area contributed by atoms with Crippen molar-refractivity contribution >= 4 is 24.2 Å². The van der Waals surface area contributed by atoms with Crippen molar-refractivity contribution in [3.8, 4) is 0 Å². The molecule has 0 saturated heterocycles. The van der Waals surface area contributed by atoms with E-state index in [1.165, 1.54) is 9.80 Å². The quantitative estimate of drug-likeness (QED) is 0.342. The van der Waals surface area contributed by atoms with Crippen molar-refractivity contribution in [2.75, 3.05) is 27.7 Å². The first-order valence-corrected chi connectivity index (χ1v) is 6.63. The Balaban J connectivity index is 2.73. The van der Waals surface area contributed by atoms with E-state index in [0.29, 0.717) is 6.29 Å². The van der Waals surface area contributed by atoms with Crippen LogP contribution >= 0.6 is 0 Å². The molecule has 0 aliphatic rings. The van der Waals surface area contributed by atoms with Crippen molar-refractivity contribution in [1.29, 1.82) is 0 Å². The van der Waals surface area contributed by atoms with Gasteiger partial charge in [0.25, 0.3) is 5.91 Å². The highest BCUT2D eigenvalue weighted by Crippen LogP contribution is 2.08. The zero-order valence-electron chi connectivity index (χ0n) is 12.6. The summed E-state index contributed by atoms with van der Waals surface area (Å²) in [6.07, 6.45) is 2.31. The lowest BCUT2D eigenvalue weighted by Gasteiger charge is -2.18. The Bertz CT molecular complexity index is 536. The third kappa shape index (κ3) is 5.22. The summed E-state index contributed by atoms with van der Waals surface area (Å²) in [5.41, 5.74) is 0.853. The Hall–Kier alpha value is -2.43. The number of nitrogens with zero attached hydrogens (tertiary/aromatic N) is 2. The number of amides is 2. The molecule has 1 aromatic rings. The maximum atomic E-state index is 12.2. The van der Waals surface area contributed by atoms with E-state index >= 15 is 0 Å². The number of benzene rings is 1. The Morgan fingerprint density at radius 1 is 1.10 bits per heavy atom. The highest BCUT2D eigenvalue weighted by atomic mass is 16.2. The fourth-order valence-electron chi connectivity index (χ4n) is 1.68. The van der Waals surface area contributed by atoms with Crippen LogP contribution in [0.2, 0.25) is 0 Å². The minimum atomic E-state index is -0.389. The molecule has 0 heterocycles. The Morgan fingerprint density at radius 3 is 2.24 bits per heavy atom. The van der Waals surface area contributed by atoms with Gasteiger partial charge in [-0.1, -0.05) is 30.3 Å². The molecular formula is C16H20N2O3. The summed E-state index contributed by atoms with van der Waals surface area (Å²) in [7, 11) is 4.90. The maximum absolute atomic E-state index is 12.2. The van der Waals surface area contributed by atoms with E-state index in [4.69, 9.17) is 0 Å². The summed E-state index contributed by atoms with van der Waals surface area (Å²) in [6, 6.07) is 9.15. The van der Waals surface area contributed by atoms with Crippen LogP contribution in [0.15, 0.2) is 35.9 Å². The summed E-state index contributed by atoms with van der Waals surface area (Å²) >= 11 is 0. The second-order valence-electron chi connectivity index (χ2n) is 4.89. The van der Waals surface area contributed by atoms with Crippen LogP contribution in [0.4, 0.5) is 0 Å². The molecule has 0 radical (unpaired) electrons. The van der Waals surface area contributed by atoms with Crippen molar-refractivity contribution in [2.24, 2.45) is 0 Å². The fraction of sp³-hybridized carbons (Fsp3) is 0.312. The first-order valence-electron chi connectivity index (χ1n) is 6.63. The number of likely N-dealkylation sites (N-methyl/N-ethyl adjacent to an activating group) is 1. The summed E-state index contributed by atoms with van der Waals surface area (Å²) < 4.78 is 0. The van der Waals surface area contributed by atoms with Crippen molar-refractivity contribution in [3.63, 3.8) is 0 Å². The van der Waals surface area contributed by atoms with Crippen LogP contribution in [0.5, 0.6) is 0 Å². The molecule has 0 bridgehead atoms. The number of carbonyl (C=O) groups excluding carboxylic acids is 3. The fourth-order valence-corrected chi connectivity index (χ4v) is 1.68. The van der Waals surface area contributed by atoms with Crippen LogP contribution in [0.1, 0.15) is 12.0 Å². The van der Waals surface area contributed by atoms with Crippen LogP contribution in [0, 0.1) is 0 Å². The second kappa shape index (κ2) is 7.99. The second-order valence-corrected chi connectivity index (χ2v) is 4.89. The monoisotopic (exact) mass is 288 g/mol. The summed E-state index contributed by atoms with van der Waals surface area (Å²) in [6.45, 7) is 0.274. The van der Waals surface area contributed by atoms with Gasteiger partial charge in [-0.25, -0.2) is 0 Å². The lowest BCUT2D eigenvalue weighted by Crippen LogP contribution is -2.33. The minimum absolute atomic E-state index is 0.0608. The van der Waals surface area contributed by atoms with E-state index in [9.17, 15) is 14.4 Å². The average molecular weight is 288 g/mol. The molecular weight excluding hydrogens is 268 g/mol. The van der Waals surface area contributed by atoms with Crippen LogP contribution in [-0.4, -0.2) is 55.6 Å². The van der Waals surface area contributed by atoms with Gasteiger partial charge in [-0.2, -0.15) is 0 Å². The predicted octanol–water partition coefficient (Wildman–Crippen LogP) is 1.21. The molecule has 1 rings (SSSR count). The van der Waals surface area contributed by atoms with Crippen LogP contribution in [0.3, 0.4) is 0 Å². The topological polar surface area (TPSA) is 57.7 Å². The van der Waals surface area contributed by atoms with Gasteiger partial charge in [0.05, 0.1) is 5.57 Å². The summed E-state index contributed by atoms with van der Waals surface area (Å²) in [5.74, 6) is -0.449. The molecule has 112 valence electrons. The summed E-state index contributed by atoms with van der Waals surface area (Å²) in [5, 5.41) is 0. The Morgan fingerprint density at radius 2 is 1.71 bits per heavy atom. The van der Waals surface area contributed by atoms with E-state index in [0.717, 1.165) is 5.56 Å². The molecule has 0 aromatic heterocycles. The van der Waals surface area contributed by atoms with E-state index in [2.05, 4.69) is 0 Å². The number of hydrogen-bond acceptors (Lipinski definition) is 3. The van der Waals surface area contributed by atoms with Crippen LogP contribution in [-0.2, 0) is 14.4 Å². The maximum Gasteiger partial charge on any atom is 0.256 e. The number of hydrogen-bond donors (Lipinski definition) is 0. The molecule has 5 heteroatoms. The molecule has 0 fully saturated rings. The predicted molar refractivity (Wildman–Crippen MR) is 81.4 cm³/mol.